The molecule has 2 heterocycles. The molecule has 148 valence electrons. The lowest BCUT2D eigenvalue weighted by molar-refractivity contribution is -0.117. The van der Waals surface area contributed by atoms with Crippen molar-refractivity contribution in [3.05, 3.63) is 41.6 Å². The Balaban J connectivity index is 2.09. The molecule has 0 radical (unpaired) electrons. The molecular weight excluding hydrogens is 356 g/mol. The van der Waals surface area contributed by atoms with E-state index in [0.717, 1.165) is 17.1 Å². The molecule has 8 nitrogen and oxygen atoms in total. The van der Waals surface area contributed by atoms with Gasteiger partial charge in [0.1, 0.15) is 5.82 Å². The van der Waals surface area contributed by atoms with Gasteiger partial charge >= 0.3 is 0 Å². The molecule has 8 heteroatoms. The molecule has 0 aliphatic carbocycles. The van der Waals surface area contributed by atoms with E-state index >= 15 is 0 Å². The summed E-state index contributed by atoms with van der Waals surface area (Å²) in [5, 5.41) is 3.40. The van der Waals surface area contributed by atoms with Crippen LogP contribution in [0, 0.1) is 5.92 Å². The van der Waals surface area contributed by atoms with Crippen molar-refractivity contribution in [3.63, 3.8) is 0 Å². The Morgan fingerprint density at radius 1 is 1.21 bits per heavy atom. The number of fused-ring (bicyclic) bond motifs is 1. The lowest BCUT2D eigenvalue weighted by Crippen LogP contribution is -2.48. The number of amides is 2. The van der Waals surface area contributed by atoms with Gasteiger partial charge in [-0.05, 0) is 36.8 Å². The molecule has 0 spiro atoms. The van der Waals surface area contributed by atoms with E-state index in [4.69, 9.17) is 5.73 Å². The van der Waals surface area contributed by atoms with E-state index < -0.39 is 5.91 Å². The van der Waals surface area contributed by atoms with E-state index in [9.17, 15) is 9.59 Å². The van der Waals surface area contributed by atoms with E-state index in [1.54, 1.807) is 36.2 Å². The predicted octanol–water partition coefficient (Wildman–Crippen LogP) is 2.19. The van der Waals surface area contributed by atoms with E-state index in [1.807, 2.05) is 32.0 Å². The molecule has 3 unspecified atom stereocenters. The third kappa shape index (κ3) is 3.49. The van der Waals surface area contributed by atoms with Crippen LogP contribution < -0.4 is 20.9 Å². The van der Waals surface area contributed by atoms with Gasteiger partial charge < -0.3 is 20.9 Å². The highest BCUT2D eigenvalue weighted by Gasteiger charge is 2.38. The Morgan fingerprint density at radius 2 is 1.93 bits per heavy atom. The topological polar surface area (TPSA) is 104 Å². The molecular formula is C20H26N6O2. The van der Waals surface area contributed by atoms with Crippen LogP contribution in [-0.4, -0.2) is 41.9 Å². The van der Waals surface area contributed by atoms with Crippen molar-refractivity contribution in [1.29, 1.82) is 0 Å². The summed E-state index contributed by atoms with van der Waals surface area (Å²) in [6.07, 6.45) is 1.70. The Hall–Kier alpha value is -3.16. The fourth-order valence-corrected chi connectivity index (χ4v) is 3.67. The highest BCUT2D eigenvalue weighted by atomic mass is 16.2. The normalized spacial score (nSPS) is 21.0. The molecule has 3 atom stereocenters. The molecule has 1 aliphatic rings. The Labute approximate surface area is 164 Å². The highest BCUT2D eigenvalue weighted by molar-refractivity contribution is 5.97. The van der Waals surface area contributed by atoms with Gasteiger partial charge in [0.15, 0.2) is 0 Å². The van der Waals surface area contributed by atoms with Gasteiger partial charge in [0, 0.05) is 50.4 Å². The SMILES string of the molecule is CC(=O)N1c2ccc(C(N)=O)cc2C(Nc2nccc(N(C)C)n2)C(C)C1C. The minimum atomic E-state index is -0.506. The monoisotopic (exact) mass is 382 g/mol. The molecule has 1 aromatic heterocycles. The first-order valence-electron chi connectivity index (χ1n) is 9.21. The van der Waals surface area contributed by atoms with Crippen LogP contribution in [0.1, 0.15) is 42.7 Å². The average molecular weight is 382 g/mol. The first-order valence-corrected chi connectivity index (χ1v) is 9.21. The van der Waals surface area contributed by atoms with Crippen LogP contribution in [0.2, 0.25) is 0 Å². The first kappa shape index (κ1) is 19.6. The molecule has 1 aromatic carbocycles. The number of nitrogens with zero attached hydrogens (tertiary/aromatic N) is 4. The van der Waals surface area contributed by atoms with Gasteiger partial charge in [0.25, 0.3) is 0 Å². The van der Waals surface area contributed by atoms with Crippen molar-refractivity contribution < 1.29 is 9.59 Å². The van der Waals surface area contributed by atoms with Crippen molar-refractivity contribution in [3.8, 4) is 0 Å². The molecule has 2 aromatic rings. The van der Waals surface area contributed by atoms with Crippen LogP contribution >= 0.6 is 0 Å². The van der Waals surface area contributed by atoms with E-state index in [0.29, 0.717) is 11.5 Å². The smallest absolute Gasteiger partial charge is 0.248 e. The lowest BCUT2D eigenvalue weighted by atomic mass is 9.82. The van der Waals surface area contributed by atoms with Crippen LogP contribution in [0.4, 0.5) is 17.5 Å². The maximum atomic E-state index is 12.3. The Bertz CT molecular complexity index is 913. The fourth-order valence-electron chi connectivity index (χ4n) is 3.67. The number of aromatic nitrogens is 2. The summed E-state index contributed by atoms with van der Waals surface area (Å²) in [5.74, 6) is 0.767. The van der Waals surface area contributed by atoms with Crippen LogP contribution in [0.25, 0.3) is 0 Å². The van der Waals surface area contributed by atoms with Gasteiger partial charge in [0.05, 0.1) is 6.04 Å². The molecule has 3 N–H and O–H groups in total. The standard InChI is InChI=1S/C20H26N6O2/c1-11-12(2)26(13(3)27)16-7-6-14(19(21)28)10-15(16)18(11)24-20-22-9-8-17(23-20)25(4)5/h6-12,18H,1-5H3,(H2,21,28)(H,22,23,24). The minimum Gasteiger partial charge on any atom is -0.366 e. The predicted molar refractivity (Wildman–Crippen MR) is 109 cm³/mol. The third-order valence-corrected chi connectivity index (χ3v) is 5.32. The van der Waals surface area contributed by atoms with Crippen molar-refractivity contribution in [2.24, 2.45) is 11.7 Å². The van der Waals surface area contributed by atoms with Crippen molar-refractivity contribution in [2.45, 2.75) is 32.9 Å². The second-order valence-corrected chi connectivity index (χ2v) is 7.38. The molecule has 0 bridgehead atoms. The number of carbonyl (C=O) groups is 2. The maximum Gasteiger partial charge on any atom is 0.248 e. The fraction of sp³-hybridized carbons (Fsp3) is 0.400. The van der Waals surface area contributed by atoms with Gasteiger partial charge in [-0.1, -0.05) is 6.92 Å². The third-order valence-electron chi connectivity index (χ3n) is 5.32. The van der Waals surface area contributed by atoms with E-state index in [2.05, 4.69) is 22.2 Å². The number of nitrogens with one attached hydrogen (secondary N) is 1. The number of hydrogen-bond acceptors (Lipinski definition) is 6. The molecule has 28 heavy (non-hydrogen) atoms. The van der Waals surface area contributed by atoms with Gasteiger partial charge in [-0.3, -0.25) is 9.59 Å². The second kappa shape index (κ2) is 7.46. The summed E-state index contributed by atoms with van der Waals surface area (Å²) in [5.41, 5.74) is 7.48. The number of anilines is 3. The highest BCUT2D eigenvalue weighted by Crippen LogP contribution is 2.42. The summed E-state index contributed by atoms with van der Waals surface area (Å²) < 4.78 is 0. The summed E-state index contributed by atoms with van der Waals surface area (Å²) in [6.45, 7) is 5.63. The molecule has 1 aliphatic heterocycles. The zero-order chi connectivity index (χ0) is 20.6. The van der Waals surface area contributed by atoms with E-state index in [1.165, 1.54) is 0 Å². The second-order valence-electron chi connectivity index (χ2n) is 7.38. The quantitative estimate of drug-likeness (QED) is 0.840. The van der Waals surface area contributed by atoms with Crippen LogP contribution in [-0.2, 0) is 4.79 Å². The summed E-state index contributed by atoms with van der Waals surface area (Å²) in [7, 11) is 3.83. The zero-order valence-electron chi connectivity index (χ0n) is 16.8. The Kier molecular flexibility index (Phi) is 5.22. The van der Waals surface area contributed by atoms with Gasteiger partial charge in [-0.15, -0.1) is 0 Å². The number of primary amides is 1. The van der Waals surface area contributed by atoms with Gasteiger partial charge in [0.2, 0.25) is 17.8 Å². The summed E-state index contributed by atoms with van der Waals surface area (Å²) >= 11 is 0. The van der Waals surface area contributed by atoms with Crippen molar-refractivity contribution in [2.75, 3.05) is 29.2 Å². The van der Waals surface area contributed by atoms with Crippen LogP contribution in [0.5, 0.6) is 0 Å². The summed E-state index contributed by atoms with van der Waals surface area (Å²) in [4.78, 5) is 36.6. The number of carbonyl (C=O) groups excluding carboxylic acids is 2. The van der Waals surface area contributed by atoms with Crippen LogP contribution in [0.15, 0.2) is 30.5 Å². The minimum absolute atomic E-state index is 0.0426. The van der Waals surface area contributed by atoms with Crippen LogP contribution in [0.3, 0.4) is 0 Å². The molecule has 0 saturated carbocycles. The number of hydrogen-bond donors (Lipinski definition) is 2. The van der Waals surface area contributed by atoms with Crippen molar-refractivity contribution >= 4 is 29.3 Å². The van der Waals surface area contributed by atoms with E-state index in [-0.39, 0.29) is 23.9 Å². The van der Waals surface area contributed by atoms with Gasteiger partial charge in [-0.25, -0.2) is 4.98 Å². The van der Waals surface area contributed by atoms with Gasteiger partial charge in [-0.2, -0.15) is 4.98 Å². The molecule has 0 saturated heterocycles. The average Bonchev–Trinajstić information content (AvgIpc) is 2.65. The summed E-state index contributed by atoms with van der Waals surface area (Å²) in [6, 6.07) is 6.79. The lowest BCUT2D eigenvalue weighted by Gasteiger charge is -2.44. The Morgan fingerprint density at radius 3 is 2.54 bits per heavy atom. The maximum absolute atomic E-state index is 12.3. The molecule has 3 rings (SSSR count). The number of nitrogens with two attached hydrogens (primary N) is 1. The molecule has 0 fully saturated rings. The number of benzene rings is 1. The molecule has 2 amide bonds. The number of rotatable bonds is 4. The first-order chi connectivity index (χ1) is 13.2. The largest absolute Gasteiger partial charge is 0.366 e. The van der Waals surface area contributed by atoms with Crippen molar-refractivity contribution in [1.82, 2.24) is 9.97 Å². The zero-order valence-corrected chi connectivity index (χ0v) is 16.8.